The minimum absolute atomic E-state index is 0.154. The van der Waals surface area contributed by atoms with Crippen LogP contribution in [0.4, 0.5) is 27.6 Å². The molecule has 1 heterocycles. The monoisotopic (exact) mass is 541 g/mol. The van der Waals surface area contributed by atoms with Crippen LogP contribution in [0.5, 0.6) is 5.75 Å². The molecule has 1 aliphatic rings. The first-order chi connectivity index (χ1) is 17.4. The van der Waals surface area contributed by atoms with E-state index in [2.05, 4.69) is 4.18 Å². The molecule has 0 aliphatic carbocycles. The second-order valence-corrected chi connectivity index (χ2v) is 9.97. The molecule has 196 valence electrons. The van der Waals surface area contributed by atoms with Crippen molar-refractivity contribution in [2.75, 3.05) is 4.90 Å². The van der Waals surface area contributed by atoms with Gasteiger partial charge in [0.15, 0.2) is 0 Å². The van der Waals surface area contributed by atoms with Crippen LogP contribution in [-0.4, -0.2) is 24.9 Å². The van der Waals surface area contributed by atoms with Crippen LogP contribution in [0.1, 0.15) is 36.1 Å². The highest BCUT2D eigenvalue weighted by atomic mass is 32.2. The van der Waals surface area contributed by atoms with E-state index in [1.807, 2.05) is 0 Å². The summed E-state index contributed by atoms with van der Waals surface area (Å²) in [7, 11) is -5.85. The van der Waals surface area contributed by atoms with Crippen LogP contribution >= 0.6 is 0 Å². The molecule has 0 radical (unpaired) electrons. The molecule has 3 atom stereocenters. The molecule has 1 saturated heterocycles. The lowest BCUT2D eigenvalue weighted by Gasteiger charge is -2.48. The Morgan fingerprint density at radius 1 is 0.892 bits per heavy atom. The fourth-order valence-corrected chi connectivity index (χ4v) is 4.64. The van der Waals surface area contributed by atoms with E-state index in [0.717, 1.165) is 12.1 Å². The van der Waals surface area contributed by atoms with Crippen molar-refractivity contribution < 1.29 is 44.5 Å². The third kappa shape index (κ3) is 5.59. The van der Waals surface area contributed by atoms with Gasteiger partial charge in [-0.2, -0.15) is 21.6 Å². The van der Waals surface area contributed by atoms with Crippen LogP contribution in [0.15, 0.2) is 72.8 Å². The predicted molar refractivity (Wildman–Crippen MR) is 123 cm³/mol. The Hall–Kier alpha value is -3.51. The first-order valence-corrected chi connectivity index (χ1v) is 12.4. The average Bonchev–Trinajstić information content (AvgIpc) is 2.84. The van der Waals surface area contributed by atoms with Crippen molar-refractivity contribution in [1.82, 2.24) is 0 Å². The van der Waals surface area contributed by atoms with Gasteiger partial charge >= 0.3 is 15.6 Å². The Morgan fingerprint density at radius 2 is 1.43 bits per heavy atom. The summed E-state index contributed by atoms with van der Waals surface area (Å²) in [5, 5.41) is 10.5. The maximum Gasteiger partial charge on any atom is 0.534 e. The molecule has 0 spiro atoms. The molecule has 1 N–H and O–H groups in total. The van der Waals surface area contributed by atoms with Gasteiger partial charge in [0.05, 0.1) is 18.1 Å². The Balaban J connectivity index is 1.57. The SMILES string of the molecule is O=C1[C@H](CC[C@H](O)c2ccc(F)cc2)C(c2ccc(OS(=O)(=O)C(F)(F)F)cc2)N1c1ccc(F)cc1. The van der Waals surface area contributed by atoms with E-state index < -0.39 is 51.1 Å². The number of aliphatic hydroxyl groups is 1. The van der Waals surface area contributed by atoms with Crippen LogP contribution in [-0.2, 0) is 14.9 Å². The summed E-state index contributed by atoms with van der Waals surface area (Å²) in [5.41, 5.74) is -4.29. The van der Waals surface area contributed by atoms with Gasteiger partial charge in [-0.05, 0) is 72.5 Å². The highest BCUT2D eigenvalue weighted by Crippen LogP contribution is 2.46. The molecule has 4 rings (SSSR count). The van der Waals surface area contributed by atoms with Crippen LogP contribution in [0.2, 0.25) is 0 Å². The molecule has 3 aromatic rings. The lowest BCUT2D eigenvalue weighted by molar-refractivity contribution is -0.131. The highest BCUT2D eigenvalue weighted by molar-refractivity contribution is 7.88. The van der Waals surface area contributed by atoms with Gasteiger partial charge in [-0.25, -0.2) is 8.78 Å². The standard InChI is InChI=1S/C25H20F5NO5S/c26-17-5-1-15(2-6-17)22(32)14-13-21-23(31(24(21)33)19-9-7-18(27)8-10-19)16-3-11-20(12-4-16)36-37(34,35)25(28,29)30/h1-12,21-23,32H,13-14H2/t21-,22+,23?/m1/s1. The lowest BCUT2D eigenvalue weighted by atomic mass is 9.78. The first kappa shape index (κ1) is 26.6. The van der Waals surface area contributed by atoms with Gasteiger partial charge in [-0.3, -0.25) is 4.79 Å². The number of aliphatic hydroxyl groups excluding tert-OH is 1. The summed E-state index contributed by atoms with van der Waals surface area (Å²) < 4.78 is 91.1. The van der Waals surface area contributed by atoms with Gasteiger partial charge in [0.25, 0.3) is 0 Å². The lowest BCUT2D eigenvalue weighted by Crippen LogP contribution is -2.55. The molecule has 1 fully saturated rings. The Labute approximate surface area is 209 Å². The molecule has 6 nitrogen and oxygen atoms in total. The first-order valence-electron chi connectivity index (χ1n) is 11.0. The van der Waals surface area contributed by atoms with Gasteiger partial charge in [0, 0.05) is 5.69 Å². The van der Waals surface area contributed by atoms with Gasteiger partial charge in [-0.1, -0.05) is 24.3 Å². The molecule has 1 aliphatic heterocycles. The molecule has 3 aromatic carbocycles. The van der Waals surface area contributed by atoms with Crippen LogP contribution in [0.3, 0.4) is 0 Å². The Morgan fingerprint density at radius 3 is 1.97 bits per heavy atom. The van der Waals surface area contributed by atoms with E-state index in [1.54, 1.807) is 0 Å². The molecule has 0 saturated carbocycles. The smallest absolute Gasteiger partial charge is 0.388 e. The van der Waals surface area contributed by atoms with Gasteiger partial charge < -0.3 is 14.2 Å². The number of carbonyl (C=O) groups is 1. The summed E-state index contributed by atoms with van der Waals surface area (Å²) >= 11 is 0. The van der Waals surface area contributed by atoms with Gasteiger partial charge in [-0.15, -0.1) is 0 Å². The maximum absolute atomic E-state index is 13.4. The minimum atomic E-state index is -5.85. The maximum atomic E-state index is 13.4. The van der Waals surface area contributed by atoms with E-state index in [-0.39, 0.29) is 18.7 Å². The van der Waals surface area contributed by atoms with Crippen molar-refractivity contribution in [3.63, 3.8) is 0 Å². The molecule has 0 bridgehead atoms. The van der Waals surface area contributed by atoms with E-state index >= 15 is 0 Å². The zero-order valence-electron chi connectivity index (χ0n) is 18.9. The Kier molecular flexibility index (Phi) is 7.24. The molecule has 37 heavy (non-hydrogen) atoms. The summed E-state index contributed by atoms with van der Waals surface area (Å²) in [6.07, 6.45) is -0.612. The molecule has 1 unspecified atom stereocenters. The number of halogens is 5. The molecule has 12 heteroatoms. The highest BCUT2D eigenvalue weighted by Gasteiger charge is 2.50. The zero-order valence-corrected chi connectivity index (χ0v) is 19.7. The largest absolute Gasteiger partial charge is 0.534 e. The van der Waals surface area contributed by atoms with Crippen molar-refractivity contribution in [3.8, 4) is 5.75 Å². The number of nitrogens with zero attached hydrogens (tertiary/aromatic N) is 1. The second-order valence-electron chi connectivity index (χ2n) is 8.43. The predicted octanol–water partition coefficient (Wildman–Crippen LogP) is 5.41. The number of amides is 1. The second kappa shape index (κ2) is 10.1. The molecular weight excluding hydrogens is 521 g/mol. The fourth-order valence-electron chi connectivity index (χ4n) is 4.18. The minimum Gasteiger partial charge on any atom is -0.388 e. The quantitative estimate of drug-likeness (QED) is 0.178. The van der Waals surface area contributed by atoms with Crippen LogP contribution in [0, 0.1) is 17.6 Å². The number of anilines is 1. The fraction of sp³-hybridized carbons (Fsp3) is 0.240. The molecular formula is C25H20F5NO5S. The molecule has 1 amide bonds. The van der Waals surface area contributed by atoms with Crippen molar-refractivity contribution in [2.45, 2.75) is 30.5 Å². The van der Waals surface area contributed by atoms with Crippen molar-refractivity contribution in [2.24, 2.45) is 5.92 Å². The van der Waals surface area contributed by atoms with Gasteiger partial charge in [0.1, 0.15) is 17.4 Å². The number of rotatable bonds is 8. The van der Waals surface area contributed by atoms with E-state index in [0.29, 0.717) is 16.8 Å². The average molecular weight is 541 g/mol. The van der Waals surface area contributed by atoms with Crippen molar-refractivity contribution >= 4 is 21.7 Å². The number of alkyl halides is 3. The number of carbonyl (C=O) groups excluding carboxylic acids is 1. The number of benzene rings is 3. The zero-order chi connectivity index (χ0) is 27.0. The third-order valence-corrected chi connectivity index (χ3v) is 7.01. The topological polar surface area (TPSA) is 83.9 Å². The van der Waals surface area contributed by atoms with Crippen LogP contribution < -0.4 is 9.08 Å². The number of hydrogen-bond donors (Lipinski definition) is 1. The van der Waals surface area contributed by atoms with E-state index in [1.165, 1.54) is 65.6 Å². The van der Waals surface area contributed by atoms with E-state index in [4.69, 9.17) is 0 Å². The van der Waals surface area contributed by atoms with Crippen molar-refractivity contribution in [3.05, 3.63) is 95.6 Å². The normalized spacial score (nSPS) is 18.9. The third-order valence-electron chi connectivity index (χ3n) is 6.04. The Bertz CT molecular complexity index is 1360. The number of β-lactam (4-membered cyclic amide) rings is 1. The van der Waals surface area contributed by atoms with Gasteiger partial charge in [0.2, 0.25) is 5.91 Å². The summed E-state index contributed by atoms with van der Waals surface area (Å²) in [4.78, 5) is 14.4. The number of hydrogen-bond acceptors (Lipinski definition) is 5. The van der Waals surface area contributed by atoms with E-state index in [9.17, 15) is 40.3 Å². The molecule has 0 aromatic heterocycles. The van der Waals surface area contributed by atoms with Crippen LogP contribution in [0.25, 0.3) is 0 Å². The summed E-state index contributed by atoms with van der Waals surface area (Å²) in [6.45, 7) is 0. The van der Waals surface area contributed by atoms with Crippen molar-refractivity contribution in [1.29, 1.82) is 0 Å². The summed E-state index contributed by atoms with van der Waals surface area (Å²) in [5.74, 6) is -2.51. The summed E-state index contributed by atoms with van der Waals surface area (Å²) in [6, 6.07) is 14.5.